The molecule has 0 bridgehead atoms. The smallest absolute Gasteiger partial charge is 0.249 e. The van der Waals surface area contributed by atoms with Crippen molar-refractivity contribution in [3.8, 4) is 0 Å². The number of piperidine rings is 2. The first-order chi connectivity index (χ1) is 21.6. The second kappa shape index (κ2) is 17.1. The molecule has 3 fully saturated rings. The van der Waals surface area contributed by atoms with Gasteiger partial charge in [-0.15, -0.1) is 0 Å². The Hall–Kier alpha value is -2.46. The lowest BCUT2D eigenvalue weighted by molar-refractivity contribution is -0.142. The van der Waals surface area contributed by atoms with Crippen LogP contribution < -0.4 is 10.6 Å². The minimum Gasteiger partial charge on any atom is -0.353 e. The molecule has 0 spiro atoms. The molecule has 3 heterocycles. The molecule has 3 aliphatic heterocycles. The molecule has 0 aliphatic carbocycles. The lowest BCUT2D eigenvalue weighted by Gasteiger charge is -2.41. The van der Waals surface area contributed by atoms with Crippen molar-refractivity contribution in [2.45, 2.75) is 137 Å². The third-order valence-electron chi connectivity index (χ3n) is 10.1. The molecule has 0 saturated carbocycles. The van der Waals surface area contributed by atoms with E-state index in [1.165, 1.54) is 19.3 Å². The highest BCUT2D eigenvalue weighted by Crippen LogP contribution is 2.27. The summed E-state index contributed by atoms with van der Waals surface area (Å²) in [6, 6.07) is -1.55. The van der Waals surface area contributed by atoms with Crippen LogP contribution in [0.15, 0.2) is 11.6 Å². The predicted octanol–water partition coefficient (Wildman–Crippen LogP) is 3.80. The summed E-state index contributed by atoms with van der Waals surface area (Å²) < 4.78 is 0. The molecule has 10 heteroatoms. The molecule has 0 aromatic heterocycles. The van der Waals surface area contributed by atoms with Crippen molar-refractivity contribution in [2.24, 2.45) is 11.3 Å². The molecule has 1 unspecified atom stereocenters. The number of rotatable bonds is 12. The fraction of sp³-hybridized carbons (Fsp3) is 0.833. The van der Waals surface area contributed by atoms with Crippen LogP contribution in [0.4, 0.5) is 0 Å². The second-order valence-electron chi connectivity index (χ2n) is 15.5. The van der Waals surface area contributed by atoms with Gasteiger partial charge in [0.1, 0.15) is 12.1 Å². The molecule has 3 aliphatic rings. The van der Waals surface area contributed by atoms with Gasteiger partial charge in [-0.2, -0.15) is 0 Å². The maximum Gasteiger partial charge on any atom is 0.249 e. The van der Waals surface area contributed by atoms with Gasteiger partial charge < -0.3 is 25.3 Å². The Bertz CT molecular complexity index is 1080. The molecule has 0 aromatic carbocycles. The number of likely N-dealkylation sites (N-methyl/N-ethyl adjacent to an activating group) is 1. The van der Waals surface area contributed by atoms with Gasteiger partial charge in [0.05, 0.1) is 12.1 Å². The van der Waals surface area contributed by atoms with E-state index in [9.17, 15) is 19.2 Å². The highest BCUT2D eigenvalue weighted by Gasteiger charge is 2.40. The van der Waals surface area contributed by atoms with Gasteiger partial charge in [0.2, 0.25) is 23.6 Å². The summed E-state index contributed by atoms with van der Waals surface area (Å²) in [5.74, 6) is -0.481. The van der Waals surface area contributed by atoms with Crippen LogP contribution in [-0.4, -0.2) is 120 Å². The number of carbonyl (C=O) groups excluding carboxylic acids is 4. The van der Waals surface area contributed by atoms with E-state index < -0.39 is 17.5 Å². The van der Waals surface area contributed by atoms with Gasteiger partial charge >= 0.3 is 0 Å². The van der Waals surface area contributed by atoms with Crippen LogP contribution in [-0.2, 0) is 19.2 Å². The topological polar surface area (TPSA) is 105 Å². The van der Waals surface area contributed by atoms with Crippen molar-refractivity contribution in [2.75, 3.05) is 46.3 Å². The summed E-state index contributed by atoms with van der Waals surface area (Å²) in [6.45, 7) is 21.0. The van der Waals surface area contributed by atoms with E-state index in [0.29, 0.717) is 25.1 Å². The van der Waals surface area contributed by atoms with E-state index in [1.54, 1.807) is 23.8 Å². The van der Waals surface area contributed by atoms with Crippen molar-refractivity contribution in [3.63, 3.8) is 0 Å². The van der Waals surface area contributed by atoms with Crippen LogP contribution in [0.25, 0.3) is 0 Å². The second-order valence-corrected chi connectivity index (χ2v) is 15.5. The third-order valence-corrected chi connectivity index (χ3v) is 10.1. The van der Waals surface area contributed by atoms with Gasteiger partial charge in [-0.05, 0) is 90.3 Å². The van der Waals surface area contributed by atoms with Gasteiger partial charge in [0.15, 0.2) is 0 Å². The first-order valence-corrected chi connectivity index (χ1v) is 18.0. The normalized spacial score (nSPS) is 23.4. The number of hydrogen-bond acceptors (Lipinski definition) is 6. The van der Waals surface area contributed by atoms with E-state index in [-0.39, 0.29) is 47.7 Å². The number of likely N-dealkylation sites (tertiary alicyclic amines) is 3. The van der Waals surface area contributed by atoms with E-state index >= 15 is 0 Å². The van der Waals surface area contributed by atoms with Crippen molar-refractivity contribution in [3.05, 3.63) is 11.6 Å². The van der Waals surface area contributed by atoms with E-state index in [0.717, 1.165) is 51.9 Å². The monoisotopic (exact) mass is 644 g/mol. The third kappa shape index (κ3) is 10.0. The number of nitrogens with one attached hydrogen (secondary N) is 2. The van der Waals surface area contributed by atoms with Crippen molar-refractivity contribution < 1.29 is 19.2 Å². The molecule has 3 saturated heterocycles. The lowest BCUT2D eigenvalue weighted by Crippen LogP contribution is -2.60. The SMILES string of the molecule is CC(=C[C@H](C(C)C)N(C)C(=O)[C@@H](NC(=O)C1CCCCN1C(C)C)C(C)(C)C)C(=O)N1CCC[C@H]1C(=O)NCCN1CCCCC1. The fourth-order valence-corrected chi connectivity index (χ4v) is 7.32. The van der Waals surface area contributed by atoms with E-state index in [1.807, 2.05) is 40.7 Å². The molecular formula is C36H64N6O4. The molecule has 2 N–H and O–H groups in total. The van der Waals surface area contributed by atoms with Gasteiger partial charge in [-0.1, -0.05) is 53.5 Å². The highest BCUT2D eigenvalue weighted by atomic mass is 16.2. The van der Waals surface area contributed by atoms with Crippen molar-refractivity contribution in [1.29, 1.82) is 0 Å². The quantitative estimate of drug-likeness (QED) is 0.313. The summed E-state index contributed by atoms with van der Waals surface area (Å²) in [4.78, 5) is 62.7. The summed E-state index contributed by atoms with van der Waals surface area (Å²) in [5.41, 5.74) is 0.0101. The van der Waals surface area contributed by atoms with Crippen molar-refractivity contribution in [1.82, 2.24) is 30.2 Å². The van der Waals surface area contributed by atoms with E-state index in [4.69, 9.17) is 0 Å². The number of amides is 4. The maximum absolute atomic E-state index is 14.1. The minimum absolute atomic E-state index is 0.0234. The van der Waals surface area contributed by atoms with Crippen LogP contribution in [0.1, 0.15) is 107 Å². The van der Waals surface area contributed by atoms with Gasteiger partial charge in [0.25, 0.3) is 0 Å². The Morgan fingerprint density at radius 1 is 0.848 bits per heavy atom. The Morgan fingerprint density at radius 3 is 2.09 bits per heavy atom. The zero-order chi connectivity index (χ0) is 34.2. The molecule has 262 valence electrons. The van der Waals surface area contributed by atoms with Crippen LogP contribution >= 0.6 is 0 Å². The van der Waals surface area contributed by atoms with Crippen LogP contribution in [0.3, 0.4) is 0 Å². The molecule has 4 amide bonds. The number of carbonyl (C=O) groups is 4. The Labute approximate surface area is 279 Å². The molecule has 3 rings (SSSR count). The molecular weight excluding hydrogens is 580 g/mol. The molecule has 4 atom stereocenters. The molecule has 46 heavy (non-hydrogen) atoms. The highest BCUT2D eigenvalue weighted by molar-refractivity contribution is 5.97. The van der Waals surface area contributed by atoms with E-state index in [2.05, 4.69) is 34.3 Å². The Morgan fingerprint density at radius 2 is 1.48 bits per heavy atom. The first kappa shape index (κ1) is 38.0. The van der Waals surface area contributed by atoms with Gasteiger partial charge in [-0.3, -0.25) is 24.1 Å². The average molecular weight is 645 g/mol. The first-order valence-electron chi connectivity index (χ1n) is 18.0. The van der Waals surface area contributed by atoms with Gasteiger partial charge in [0, 0.05) is 38.3 Å². The fourth-order valence-electron chi connectivity index (χ4n) is 7.32. The van der Waals surface area contributed by atoms with Crippen LogP contribution in [0.5, 0.6) is 0 Å². The molecule has 10 nitrogen and oxygen atoms in total. The maximum atomic E-state index is 14.1. The van der Waals surface area contributed by atoms with Crippen molar-refractivity contribution >= 4 is 23.6 Å². The van der Waals surface area contributed by atoms with Gasteiger partial charge in [-0.25, -0.2) is 0 Å². The summed E-state index contributed by atoms with van der Waals surface area (Å²) in [5, 5.41) is 6.23. The molecule has 0 aromatic rings. The summed E-state index contributed by atoms with van der Waals surface area (Å²) in [6.07, 6.45) is 9.89. The largest absolute Gasteiger partial charge is 0.353 e. The predicted molar refractivity (Wildman–Crippen MR) is 184 cm³/mol. The van der Waals surface area contributed by atoms with Crippen LogP contribution in [0, 0.1) is 11.3 Å². The Balaban J connectivity index is 1.70. The molecule has 0 radical (unpaired) electrons. The standard InChI is InChI=1S/C36H64N6O4/c1-25(2)30(39(9)35(46)31(36(6,7)8)38-33(44)29-16-11-14-21-41(29)26(3)4)24-27(5)34(45)42-22-15-17-28(42)32(43)37-18-23-40-19-12-10-13-20-40/h24-26,28-31H,10-23H2,1-9H3,(H,37,43)(H,38,44)/t28-,29?,30+,31+/m0/s1. The zero-order valence-electron chi connectivity index (χ0n) is 30.4. The summed E-state index contributed by atoms with van der Waals surface area (Å²) in [7, 11) is 1.77. The number of nitrogens with zero attached hydrogens (tertiary/aromatic N) is 4. The number of hydrogen-bond donors (Lipinski definition) is 2. The summed E-state index contributed by atoms with van der Waals surface area (Å²) >= 11 is 0. The lowest BCUT2D eigenvalue weighted by atomic mass is 9.84. The minimum atomic E-state index is -0.719. The van der Waals surface area contributed by atoms with Crippen LogP contribution in [0.2, 0.25) is 0 Å². The zero-order valence-corrected chi connectivity index (χ0v) is 30.4. The average Bonchev–Trinajstić information content (AvgIpc) is 3.51. The Kier molecular flexibility index (Phi) is 14.1.